The van der Waals surface area contributed by atoms with Crippen LogP contribution in [0, 0.1) is 12.8 Å². The number of fused-ring (bicyclic) bond motifs is 1. The molecular weight excluding hydrogens is 274 g/mol. The van der Waals surface area contributed by atoms with Crippen LogP contribution in [0.2, 0.25) is 0 Å². The zero-order valence-electron chi connectivity index (χ0n) is 13.7. The number of nitrogens with one attached hydrogen (secondary N) is 2. The summed E-state index contributed by atoms with van der Waals surface area (Å²) in [4.78, 5) is 14.7. The van der Waals surface area contributed by atoms with E-state index in [1.165, 1.54) is 18.4 Å². The number of hydrogen-bond acceptors (Lipinski definition) is 3. The van der Waals surface area contributed by atoms with E-state index in [4.69, 9.17) is 0 Å². The van der Waals surface area contributed by atoms with Gasteiger partial charge in [-0.2, -0.15) is 0 Å². The van der Waals surface area contributed by atoms with Gasteiger partial charge in [-0.25, -0.2) is 0 Å². The fraction of sp³-hybridized carbons (Fsp3) is 0.611. The van der Waals surface area contributed by atoms with Gasteiger partial charge in [0, 0.05) is 24.8 Å². The standard InChI is InChI=1S/C18H27N3O/c1-3-14-6-4-5-13(2)18(14)20-17(22)12-21-10-8-16-15(11-21)7-9-19-16/h4-6,15-16,19H,3,7-12H2,1-2H3,(H,20,22). The minimum absolute atomic E-state index is 0.119. The van der Waals surface area contributed by atoms with E-state index in [1.54, 1.807) is 0 Å². The molecule has 2 atom stereocenters. The number of likely N-dealkylation sites (tertiary alicyclic amines) is 1. The minimum Gasteiger partial charge on any atom is -0.324 e. The van der Waals surface area contributed by atoms with Crippen LogP contribution in [0.25, 0.3) is 0 Å². The summed E-state index contributed by atoms with van der Waals surface area (Å²) in [5, 5.41) is 6.71. The summed E-state index contributed by atoms with van der Waals surface area (Å²) in [5.41, 5.74) is 3.37. The summed E-state index contributed by atoms with van der Waals surface area (Å²) in [7, 11) is 0. The lowest BCUT2D eigenvalue weighted by Gasteiger charge is -2.34. The fourth-order valence-corrected chi connectivity index (χ4v) is 3.85. The van der Waals surface area contributed by atoms with E-state index < -0.39 is 0 Å². The molecule has 120 valence electrons. The molecule has 2 fully saturated rings. The molecule has 1 aromatic carbocycles. The fourth-order valence-electron chi connectivity index (χ4n) is 3.85. The number of carbonyl (C=O) groups excluding carboxylic acids is 1. The quantitative estimate of drug-likeness (QED) is 0.896. The highest BCUT2D eigenvalue weighted by Crippen LogP contribution is 2.25. The van der Waals surface area contributed by atoms with Crippen LogP contribution in [0.4, 0.5) is 5.69 Å². The number of aryl methyl sites for hydroxylation is 2. The summed E-state index contributed by atoms with van der Waals surface area (Å²) in [6, 6.07) is 6.90. The highest BCUT2D eigenvalue weighted by Gasteiger charge is 2.33. The predicted molar refractivity (Wildman–Crippen MR) is 90.1 cm³/mol. The molecule has 22 heavy (non-hydrogen) atoms. The third-order valence-corrected chi connectivity index (χ3v) is 5.11. The normalized spacial score (nSPS) is 25.0. The summed E-state index contributed by atoms with van der Waals surface area (Å²) in [5.74, 6) is 0.847. The Bertz CT molecular complexity index is 543. The van der Waals surface area contributed by atoms with Gasteiger partial charge in [0.1, 0.15) is 0 Å². The Morgan fingerprint density at radius 3 is 3.09 bits per heavy atom. The summed E-state index contributed by atoms with van der Waals surface area (Å²) < 4.78 is 0. The zero-order valence-corrected chi connectivity index (χ0v) is 13.7. The smallest absolute Gasteiger partial charge is 0.238 e. The van der Waals surface area contributed by atoms with E-state index in [0.29, 0.717) is 12.6 Å². The largest absolute Gasteiger partial charge is 0.324 e. The second-order valence-electron chi connectivity index (χ2n) is 6.64. The number of anilines is 1. The lowest BCUT2D eigenvalue weighted by atomic mass is 9.93. The monoisotopic (exact) mass is 301 g/mol. The molecule has 0 bridgehead atoms. The Kier molecular flexibility index (Phi) is 4.79. The van der Waals surface area contributed by atoms with Gasteiger partial charge >= 0.3 is 0 Å². The number of benzene rings is 1. The number of amides is 1. The first-order valence-corrected chi connectivity index (χ1v) is 8.51. The summed E-state index contributed by atoms with van der Waals surface area (Å²) in [6.07, 6.45) is 3.36. The van der Waals surface area contributed by atoms with Crippen molar-refractivity contribution < 1.29 is 4.79 Å². The van der Waals surface area contributed by atoms with E-state index in [9.17, 15) is 4.79 Å². The van der Waals surface area contributed by atoms with Crippen molar-refractivity contribution >= 4 is 11.6 Å². The molecule has 1 amide bonds. The van der Waals surface area contributed by atoms with Crippen molar-refractivity contribution in [2.24, 2.45) is 5.92 Å². The Morgan fingerprint density at radius 1 is 1.41 bits per heavy atom. The van der Waals surface area contributed by atoms with Gasteiger partial charge in [-0.15, -0.1) is 0 Å². The highest BCUT2D eigenvalue weighted by molar-refractivity contribution is 5.93. The molecule has 3 rings (SSSR count). The molecule has 0 saturated carbocycles. The molecule has 0 radical (unpaired) electrons. The molecule has 2 saturated heterocycles. The van der Waals surface area contributed by atoms with Crippen LogP contribution in [0.15, 0.2) is 18.2 Å². The van der Waals surface area contributed by atoms with E-state index in [1.807, 2.05) is 0 Å². The lowest BCUT2D eigenvalue weighted by molar-refractivity contribution is -0.117. The van der Waals surface area contributed by atoms with Gasteiger partial charge in [0.2, 0.25) is 5.91 Å². The van der Waals surface area contributed by atoms with Crippen molar-refractivity contribution in [2.45, 2.75) is 39.2 Å². The number of nitrogens with zero attached hydrogens (tertiary/aromatic N) is 1. The average Bonchev–Trinajstić information content (AvgIpc) is 2.97. The number of para-hydroxylation sites is 1. The predicted octanol–water partition coefficient (Wildman–Crippen LogP) is 2.18. The van der Waals surface area contributed by atoms with Crippen molar-refractivity contribution in [3.05, 3.63) is 29.3 Å². The Hall–Kier alpha value is -1.39. The van der Waals surface area contributed by atoms with Crippen molar-refractivity contribution in [1.82, 2.24) is 10.2 Å². The Morgan fingerprint density at radius 2 is 2.27 bits per heavy atom. The number of carbonyl (C=O) groups is 1. The maximum absolute atomic E-state index is 12.4. The molecule has 0 aliphatic carbocycles. The van der Waals surface area contributed by atoms with Crippen molar-refractivity contribution in [2.75, 3.05) is 31.5 Å². The second-order valence-corrected chi connectivity index (χ2v) is 6.64. The molecule has 2 aliphatic rings. The zero-order chi connectivity index (χ0) is 15.5. The highest BCUT2D eigenvalue weighted by atomic mass is 16.2. The van der Waals surface area contributed by atoms with E-state index in [-0.39, 0.29) is 5.91 Å². The first-order chi connectivity index (χ1) is 10.7. The Balaban J connectivity index is 1.59. The molecule has 2 heterocycles. The van der Waals surface area contributed by atoms with Gasteiger partial charge in [0.05, 0.1) is 6.54 Å². The van der Waals surface area contributed by atoms with Gasteiger partial charge in [-0.3, -0.25) is 9.69 Å². The SMILES string of the molecule is CCc1cccc(C)c1NC(=O)CN1CCC2NCCC2C1. The maximum atomic E-state index is 12.4. The molecule has 2 unspecified atom stereocenters. The molecular formula is C18H27N3O. The van der Waals surface area contributed by atoms with Gasteiger partial charge in [-0.1, -0.05) is 25.1 Å². The first-order valence-electron chi connectivity index (χ1n) is 8.51. The molecule has 4 nitrogen and oxygen atoms in total. The summed E-state index contributed by atoms with van der Waals surface area (Å²) in [6.45, 7) is 7.92. The lowest BCUT2D eigenvalue weighted by Crippen LogP contribution is -2.46. The molecule has 0 aromatic heterocycles. The molecule has 1 aromatic rings. The number of rotatable bonds is 4. The van der Waals surface area contributed by atoms with Crippen molar-refractivity contribution in [3.63, 3.8) is 0 Å². The van der Waals surface area contributed by atoms with Crippen LogP contribution in [0.3, 0.4) is 0 Å². The second kappa shape index (κ2) is 6.80. The van der Waals surface area contributed by atoms with E-state index in [0.717, 1.165) is 43.2 Å². The minimum atomic E-state index is 0.119. The van der Waals surface area contributed by atoms with Gasteiger partial charge < -0.3 is 10.6 Å². The Labute approximate surface area is 133 Å². The average molecular weight is 301 g/mol. The number of hydrogen-bond donors (Lipinski definition) is 2. The van der Waals surface area contributed by atoms with Crippen LogP contribution in [0.1, 0.15) is 30.9 Å². The van der Waals surface area contributed by atoms with E-state index in [2.05, 4.69) is 47.6 Å². The van der Waals surface area contributed by atoms with Crippen molar-refractivity contribution in [1.29, 1.82) is 0 Å². The third kappa shape index (κ3) is 3.33. The van der Waals surface area contributed by atoms with Gasteiger partial charge in [0.25, 0.3) is 0 Å². The van der Waals surface area contributed by atoms with Crippen molar-refractivity contribution in [3.8, 4) is 0 Å². The van der Waals surface area contributed by atoms with Gasteiger partial charge in [0.15, 0.2) is 0 Å². The molecule has 0 spiro atoms. The van der Waals surface area contributed by atoms with Crippen LogP contribution in [0.5, 0.6) is 0 Å². The molecule has 2 N–H and O–H groups in total. The number of piperidine rings is 1. The summed E-state index contributed by atoms with van der Waals surface area (Å²) >= 11 is 0. The van der Waals surface area contributed by atoms with Crippen LogP contribution in [-0.4, -0.2) is 43.0 Å². The van der Waals surface area contributed by atoms with Crippen LogP contribution < -0.4 is 10.6 Å². The van der Waals surface area contributed by atoms with Gasteiger partial charge in [-0.05, 0) is 49.8 Å². The third-order valence-electron chi connectivity index (χ3n) is 5.11. The van der Waals surface area contributed by atoms with E-state index >= 15 is 0 Å². The molecule has 2 aliphatic heterocycles. The maximum Gasteiger partial charge on any atom is 0.238 e. The molecule has 4 heteroatoms. The van der Waals surface area contributed by atoms with Crippen LogP contribution in [-0.2, 0) is 11.2 Å². The topological polar surface area (TPSA) is 44.4 Å². The first kappa shape index (κ1) is 15.5. The van der Waals surface area contributed by atoms with Crippen LogP contribution >= 0.6 is 0 Å².